The van der Waals surface area contributed by atoms with Gasteiger partial charge in [-0.3, -0.25) is 9.36 Å². The number of aromatic nitrogens is 3. The summed E-state index contributed by atoms with van der Waals surface area (Å²) in [5, 5.41) is 12.3. The summed E-state index contributed by atoms with van der Waals surface area (Å²) in [5.74, 6) is 1.01. The van der Waals surface area contributed by atoms with E-state index >= 15 is 0 Å². The van der Waals surface area contributed by atoms with Crippen molar-refractivity contribution < 1.29 is 9.53 Å². The number of ether oxygens (including phenoxy) is 1. The first kappa shape index (κ1) is 20.1. The van der Waals surface area contributed by atoms with Gasteiger partial charge in [0, 0.05) is 31.5 Å². The molecule has 3 rings (SSSR count). The van der Waals surface area contributed by atoms with Gasteiger partial charge in [-0.05, 0) is 25.5 Å². The highest BCUT2D eigenvalue weighted by Crippen LogP contribution is 2.28. The van der Waals surface area contributed by atoms with E-state index < -0.39 is 0 Å². The van der Waals surface area contributed by atoms with Crippen LogP contribution in [0.4, 0.5) is 0 Å². The minimum absolute atomic E-state index is 0.0272. The third kappa shape index (κ3) is 5.21. The number of hydrogen-bond acceptors (Lipinski definition) is 5. The van der Waals surface area contributed by atoms with Crippen LogP contribution in [0.1, 0.15) is 12.0 Å². The Kier molecular flexibility index (Phi) is 7.22. The van der Waals surface area contributed by atoms with Gasteiger partial charge in [0.15, 0.2) is 11.0 Å². The molecule has 0 spiro atoms. The maximum absolute atomic E-state index is 12.1. The molecule has 7 heteroatoms. The second kappa shape index (κ2) is 10.1. The summed E-state index contributed by atoms with van der Waals surface area (Å²) in [6.07, 6.45) is 0.796. The molecular formula is C21H24N4O2S. The minimum atomic E-state index is -0.0272. The molecule has 0 atom stereocenters. The zero-order valence-corrected chi connectivity index (χ0v) is 16.9. The normalized spacial score (nSPS) is 10.8. The Balaban J connectivity index is 1.79. The number of amides is 1. The molecule has 1 aromatic heterocycles. The number of nitrogens with one attached hydrogen (secondary N) is 1. The van der Waals surface area contributed by atoms with Gasteiger partial charge in [0.25, 0.3) is 0 Å². The molecule has 1 N–H and O–H groups in total. The number of aryl methyl sites for hydroxylation is 1. The number of para-hydroxylation sites is 1. The van der Waals surface area contributed by atoms with Crippen LogP contribution in [0.5, 0.6) is 0 Å². The molecule has 0 fully saturated rings. The Labute approximate surface area is 169 Å². The monoisotopic (exact) mass is 396 g/mol. The number of benzene rings is 2. The Morgan fingerprint density at radius 2 is 1.86 bits per heavy atom. The van der Waals surface area contributed by atoms with E-state index in [2.05, 4.69) is 34.6 Å². The number of carbonyl (C=O) groups is 1. The predicted molar refractivity (Wildman–Crippen MR) is 112 cm³/mol. The van der Waals surface area contributed by atoms with Gasteiger partial charge in [0.1, 0.15) is 0 Å². The van der Waals surface area contributed by atoms with E-state index in [1.807, 2.05) is 47.0 Å². The molecule has 0 bridgehead atoms. The van der Waals surface area contributed by atoms with Crippen molar-refractivity contribution in [1.29, 1.82) is 0 Å². The lowest BCUT2D eigenvalue weighted by molar-refractivity contribution is -0.118. The molecule has 6 nitrogen and oxygen atoms in total. The summed E-state index contributed by atoms with van der Waals surface area (Å²) in [7, 11) is 1.65. The van der Waals surface area contributed by atoms with Crippen molar-refractivity contribution in [1.82, 2.24) is 20.1 Å². The van der Waals surface area contributed by atoms with Crippen molar-refractivity contribution in [3.8, 4) is 17.1 Å². The molecule has 0 radical (unpaired) electrons. The molecule has 146 valence electrons. The van der Waals surface area contributed by atoms with Crippen molar-refractivity contribution in [3.63, 3.8) is 0 Å². The van der Waals surface area contributed by atoms with Crippen LogP contribution < -0.4 is 5.32 Å². The quantitative estimate of drug-likeness (QED) is 0.443. The van der Waals surface area contributed by atoms with E-state index in [1.165, 1.54) is 17.3 Å². The van der Waals surface area contributed by atoms with Gasteiger partial charge in [-0.25, -0.2) is 0 Å². The molecule has 0 aliphatic heterocycles. The maximum atomic E-state index is 12.1. The largest absolute Gasteiger partial charge is 0.385 e. The fraction of sp³-hybridized carbons (Fsp3) is 0.286. The van der Waals surface area contributed by atoms with Gasteiger partial charge in [-0.2, -0.15) is 0 Å². The lowest BCUT2D eigenvalue weighted by Crippen LogP contribution is -2.26. The molecule has 28 heavy (non-hydrogen) atoms. The first-order valence-corrected chi connectivity index (χ1v) is 10.1. The van der Waals surface area contributed by atoms with Crippen LogP contribution in [0, 0.1) is 6.92 Å². The molecule has 0 aliphatic rings. The summed E-state index contributed by atoms with van der Waals surface area (Å²) in [4.78, 5) is 12.1. The topological polar surface area (TPSA) is 69.0 Å². The van der Waals surface area contributed by atoms with Crippen molar-refractivity contribution in [2.75, 3.05) is 26.0 Å². The van der Waals surface area contributed by atoms with Crippen LogP contribution in [0.2, 0.25) is 0 Å². The van der Waals surface area contributed by atoms with E-state index in [0.717, 1.165) is 23.5 Å². The number of methoxy groups -OCH3 is 1. The van der Waals surface area contributed by atoms with Gasteiger partial charge in [0.05, 0.1) is 5.75 Å². The van der Waals surface area contributed by atoms with Crippen LogP contribution >= 0.6 is 11.8 Å². The first-order chi connectivity index (χ1) is 13.7. The average molecular weight is 397 g/mol. The Hall–Kier alpha value is -2.64. The fourth-order valence-electron chi connectivity index (χ4n) is 2.69. The van der Waals surface area contributed by atoms with Gasteiger partial charge in [0.2, 0.25) is 5.91 Å². The average Bonchev–Trinajstić information content (AvgIpc) is 3.15. The summed E-state index contributed by atoms with van der Waals surface area (Å²) >= 11 is 1.38. The number of rotatable bonds is 9. The third-order valence-electron chi connectivity index (χ3n) is 4.14. The van der Waals surface area contributed by atoms with Crippen molar-refractivity contribution in [2.45, 2.75) is 18.5 Å². The lowest BCUT2D eigenvalue weighted by atomic mass is 10.1. The Bertz CT molecular complexity index is 895. The van der Waals surface area contributed by atoms with Crippen LogP contribution in [-0.4, -0.2) is 46.7 Å². The second-order valence-electron chi connectivity index (χ2n) is 6.33. The van der Waals surface area contributed by atoms with Crippen LogP contribution in [-0.2, 0) is 9.53 Å². The SMILES string of the molecule is COCCCNC(=O)CSc1nnc(-c2ccc(C)cc2)n1-c1ccccc1. The van der Waals surface area contributed by atoms with Gasteiger partial charge in [-0.1, -0.05) is 59.8 Å². The van der Waals surface area contributed by atoms with Crippen LogP contribution in [0.3, 0.4) is 0 Å². The van der Waals surface area contributed by atoms with Gasteiger partial charge in [-0.15, -0.1) is 10.2 Å². The maximum Gasteiger partial charge on any atom is 0.230 e. The summed E-state index contributed by atoms with van der Waals surface area (Å²) in [6.45, 7) is 3.29. The first-order valence-electron chi connectivity index (χ1n) is 9.15. The highest BCUT2D eigenvalue weighted by atomic mass is 32.2. The van der Waals surface area contributed by atoms with E-state index in [4.69, 9.17) is 4.74 Å². The predicted octanol–water partition coefficient (Wildman–Crippen LogP) is 3.49. The van der Waals surface area contributed by atoms with E-state index in [-0.39, 0.29) is 11.7 Å². The number of carbonyl (C=O) groups excluding carboxylic acids is 1. The van der Waals surface area contributed by atoms with E-state index in [9.17, 15) is 4.79 Å². The second-order valence-corrected chi connectivity index (χ2v) is 7.27. The van der Waals surface area contributed by atoms with Crippen LogP contribution in [0.25, 0.3) is 17.1 Å². The standard InChI is InChI=1S/C21H24N4O2S/c1-16-9-11-17(12-10-16)20-23-24-21(25(20)18-7-4-3-5-8-18)28-15-19(26)22-13-6-14-27-2/h3-5,7-12H,6,13-15H2,1-2H3,(H,22,26). The van der Waals surface area contributed by atoms with E-state index in [1.54, 1.807) is 7.11 Å². The molecule has 2 aromatic carbocycles. The molecule has 0 unspecified atom stereocenters. The molecule has 0 aliphatic carbocycles. The van der Waals surface area contributed by atoms with Gasteiger partial charge < -0.3 is 10.1 Å². The number of hydrogen-bond donors (Lipinski definition) is 1. The Morgan fingerprint density at radius 1 is 1.11 bits per heavy atom. The molecule has 3 aromatic rings. The molecule has 0 saturated heterocycles. The molecule has 1 heterocycles. The summed E-state index contributed by atoms with van der Waals surface area (Å²) in [5.41, 5.74) is 3.14. The van der Waals surface area contributed by atoms with Crippen molar-refractivity contribution in [3.05, 3.63) is 60.2 Å². The molecular weight excluding hydrogens is 372 g/mol. The summed E-state index contributed by atoms with van der Waals surface area (Å²) in [6, 6.07) is 18.1. The molecule has 1 amide bonds. The van der Waals surface area contributed by atoms with Gasteiger partial charge >= 0.3 is 0 Å². The zero-order valence-electron chi connectivity index (χ0n) is 16.1. The minimum Gasteiger partial charge on any atom is -0.385 e. The molecule has 0 saturated carbocycles. The highest BCUT2D eigenvalue weighted by Gasteiger charge is 2.17. The third-order valence-corrected chi connectivity index (χ3v) is 5.07. The smallest absolute Gasteiger partial charge is 0.230 e. The number of nitrogens with zero attached hydrogens (tertiary/aromatic N) is 3. The Morgan fingerprint density at radius 3 is 2.57 bits per heavy atom. The van der Waals surface area contributed by atoms with Crippen molar-refractivity contribution in [2.24, 2.45) is 0 Å². The zero-order chi connectivity index (χ0) is 19.8. The highest BCUT2D eigenvalue weighted by molar-refractivity contribution is 7.99. The fourth-order valence-corrected chi connectivity index (χ4v) is 3.47. The lowest BCUT2D eigenvalue weighted by Gasteiger charge is -2.10. The van der Waals surface area contributed by atoms with Crippen molar-refractivity contribution >= 4 is 17.7 Å². The summed E-state index contributed by atoms with van der Waals surface area (Å²) < 4.78 is 6.99. The van der Waals surface area contributed by atoms with Crippen LogP contribution in [0.15, 0.2) is 59.8 Å². The van der Waals surface area contributed by atoms with E-state index in [0.29, 0.717) is 18.3 Å². The number of thioether (sulfide) groups is 1.